The molecule has 0 saturated carbocycles. The lowest BCUT2D eigenvalue weighted by Crippen LogP contribution is -1.97. The number of aromatic nitrogens is 4. The molecule has 2 heterocycles. The van der Waals surface area contributed by atoms with Crippen LogP contribution in [-0.2, 0) is 0 Å². The van der Waals surface area contributed by atoms with Gasteiger partial charge in [0.15, 0.2) is 11.5 Å². The van der Waals surface area contributed by atoms with Crippen molar-refractivity contribution in [3.63, 3.8) is 0 Å². The summed E-state index contributed by atoms with van der Waals surface area (Å²) < 4.78 is 28.1. The molecule has 0 aliphatic rings. The van der Waals surface area contributed by atoms with Gasteiger partial charge in [0.1, 0.15) is 16.8 Å². The number of fused-ring (bicyclic) bond motifs is 1. The molecule has 0 unspecified atom stereocenters. The quantitative estimate of drug-likeness (QED) is 0.680. The molecular formula is C11H5ClF2N4. The summed E-state index contributed by atoms with van der Waals surface area (Å²) in [6, 6.07) is 6.22. The van der Waals surface area contributed by atoms with Crippen molar-refractivity contribution in [1.82, 2.24) is 19.8 Å². The molecule has 3 aromatic rings. The molecule has 90 valence electrons. The standard InChI is InChI=1S/C11H5ClF2N4/c12-9-3-4-10-15-16-11(18(10)17-9)7-5-6(13)1-2-8(7)14/h1-5H. The zero-order chi connectivity index (χ0) is 12.7. The van der Waals surface area contributed by atoms with Crippen LogP contribution >= 0.6 is 11.6 Å². The fourth-order valence-electron chi connectivity index (χ4n) is 1.60. The van der Waals surface area contributed by atoms with Gasteiger partial charge in [0, 0.05) is 0 Å². The SMILES string of the molecule is Fc1ccc(F)c(-c2nnc3ccc(Cl)nn23)c1. The van der Waals surface area contributed by atoms with E-state index in [0.29, 0.717) is 5.65 Å². The van der Waals surface area contributed by atoms with E-state index in [0.717, 1.165) is 18.2 Å². The van der Waals surface area contributed by atoms with Crippen molar-refractivity contribution in [3.05, 3.63) is 47.1 Å². The van der Waals surface area contributed by atoms with Crippen LogP contribution in [0.15, 0.2) is 30.3 Å². The largest absolute Gasteiger partial charge is 0.207 e. The number of rotatable bonds is 1. The summed E-state index contributed by atoms with van der Waals surface area (Å²) >= 11 is 5.75. The van der Waals surface area contributed by atoms with Gasteiger partial charge in [0.2, 0.25) is 0 Å². The molecule has 7 heteroatoms. The van der Waals surface area contributed by atoms with E-state index in [1.165, 1.54) is 10.6 Å². The smallest absolute Gasteiger partial charge is 0.188 e. The van der Waals surface area contributed by atoms with Gasteiger partial charge in [-0.1, -0.05) is 11.6 Å². The molecular weight excluding hydrogens is 262 g/mol. The topological polar surface area (TPSA) is 43.1 Å². The third kappa shape index (κ3) is 1.70. The predicted octanol–water partition coefficient (Wildman–Crippen LogP) is 2.72. The molecule has 18 heavy (non-hydrogen) atoms. The second-order valence-electron chi connectivity index (χ2n) is 3.57. The van der Waals surface area contributed by atoms with Gasteiger partial charge < -0.3 is 0 Å². The minimum atomic E-state index is -0.604. The van der Waals surface area contributed by atoms with Crippen LogP contribution in [-0.4, -0.2) is 19.8 Å². The average molecular weight is 267 g/mol. The van der Waals surface area contributed by atoms with E-state index < -0.39 is 11.6 Å². The van der Waals surface area contributed by atoms with Crippen LogP contribution in [0.1, 0.15) is 0 Å². The van der Waals surface area contributed by atoms with Crippen LogP contribution < -0.4 is 0 Å². The first-order valence-electron chi connectivity index (χ1n) is 4.98. The zero-order valence-corrected chi connectivity index (χ0v) is 9.57. The maximum absolute atomic E-state index is 13.7. The van der Waals surface area contributed by atoms with E-state index in [4.69, 9.17) is 11.6 Å². The van der Waals surface area contributed by atoms with E-state index in [1.54, 1.807) is 6.07 Å². The first-order chi connectivity index (χ1) is 8.65. The predicted molar refractivity (Wildman–Crippen MR) is 61.1 cm³/mol. The van der Waals surface area contributed by atoms with E-state index in [-0.39, 0.29) is 16.5 Å². The van der Waals surface area contributed by atoms with Gasteiger partial charge >= 0.3 is 0 Å². The number of hydrogen-bond acceptors (Lipinski definition) is 3. The molecule has 0 spiro atoms. The Bertz CT molecular complexity index is 741. The molecule has 0 amide bonds. The van der Waals surface area contributed by atoms with Gasteiger partial charge in [0.25, 0.3) is 0 Å². The fraction of sp³-hybridized carbons (Fsp3) is 0. The fourth-order valence-corrected chi connectivity index (χ4v) is 1.74. The molecule has 0 saturated heterocycles. The summed E-state index contributed by atoms with van der Waals surface area (Å²) in [6.45, 7) is 0. The minimum absolute atomic E-state index is 0.0164. The highest BCUT2D eigenvalue weighted by Crippen LogP contribution is 2.22. The Labute approximate surface area is 105 Å². The van der Waals surface area contributed by atoms with Crippen molar-refractivity contribution in [3.8, 4) is 11.4 Å². The third-order valence-corrected chi connectivity index (χ3v) is 2.60. The molecule has 4 nitrogen and oxygen atoms in total. The highest BCUT2D eigenvalue weighted by Gasteiger charge is 2.14. The third-order valence-electron chi connectivity index (χ3n) is 2.40. The summed E-state index contributed by atoms with van der Waals surface area (Å²) in [4.78, 5) is 0. The molecule has 1 aromatic carbocycles. The summed E-state index contributed by atoms with van der Waals surface area (Å²) in [5.74, 6) is -1.07. The van der Waals surface area contributed by atoms with Gasteiger partial charge in [0.05, 0.1) is 5.56 Å². The van der Waals surface area contributed by atoms with Crippen molar-refractivity contribution >= 4 is 17.2 Å². The Kier molecular flexibility index (Phi) is 2.45. The van der Waals surface area contributed by atoms with Gasteiger partial charge in [-0.25, -0.2) is 8.78 Å². The normalized spacial score (nSPS) is 11.1. The highest BCUT2D eigenvalue weighted by atomic mass is 35.5. The second kappa shape index (κ2) is 3.99. The molecule has 0 aliphatic heterocycles. The Morgan fingerprint density at radius 3 is 2.72 bits per heavy atom. The van der Waals surface area contributed by atoms with Crippen molar-refractivity contribution in [1.29, 1.82) is 0 Å². The molecule has 3 rings (SSSR count). The van der Waals surface area contributed by atoms with E-state index in [1.807, 2.05) is 0 Å². The summed E-state index contributed by atoms with van der Waals surface area (Å²) in [7, 11) is 0. The Hall–Kier alpha value is -2.08. The molecule has 0 fully saturated rings. The van der Waals surface area contributed by atoms with Crippen LogP contribution in [0.4, 0.5) is 8.78 Å². The molecule has 0 atom stereocenters. The first kappa shape index (κ1) is 11.0. The maximum atomic E-state index is 13.7. The van der Waals surface area contributed by atoms with Crippen molar-refractivity contribution in [2.45, 2.75) is 0 Å². The van der Waals surface area contributed by atoms with Gasteiger partial charge in [-0.15, -0.1) is 10.2 Å². The summed E-state index contributed by atoms with van der Waals surface area (Å²) in [5.41, 5.74) is 0.385. The Morgan fingerprint density at radius 1 is 1.06 bits per heavy atom. The minimum Gasteiger partial charge on any atom is -0.207 e. The molecule has 0 bridgehead atoms. The van der Waals surface area contributed by atoms with Gasteiger partial charge in [-0.3, -0.25) is 0 Å². The highest BCUT2D eigenvalue weighted by molar-refractivity contribution is 6.29. The van der Waals surface area contributed by atoms with E-state index in [9.17, 15) is 8.78 Å². The van der Waals surface area contributed by atoms with E-state index >= 15 is 0 Å². The monoisotopic (exact) mass is 266 g/mol. The number of halogens is 3. The van der Waals surface area contributed by atoms with Crippen molar-refractivity contribution in [2.75, 3.05) is 0 Å². The zero-order valence-electron chi connectivity index (χ0n) is 8.81. The lowest BCUT2D eigenvalue weighted by Gasteiger charge is -2.01. The molecule has 0 N–H and O–H groups in total. The summed E-state index contributed by atoms with van der Waals surface area (Å²) in [6.07, 6.45) is 0. The Balaban J connectivity index is 2.31. The van der Waals surface area contributed by atoms with Crippen LogP contribution in [0.5, 0.6) is 0 Å². The maximum Gasteiger partial charge on any atom is 0.188 e. The van der Waals surface area contributed by atoms with Crippen LogP contribution in [0, 0.1) is 11.6 Å². The first-order valence-corrected chi connectivity index (χ1v) is 5.36. The van der Waals surface area contributed by atoms with E-state index in [2.05, 4.69) is 15.3 Å². The lowest BCUT2D eigenvalue weighted by atomic mass is 10.2. The molecule has 0 radical (unpaired) electrons. The van der Waals surface area contributed by atoms with Crippen LogP contribution in [0.2, 0.25) is 5.15 Å². The molecule has 2 aromatic heterocycles. The second-order valence-corrected chi connectivity index (χ2v) is 3.96. The lowest BCUT2D eigenvalue weighted by molar-refractivity contribution is 0.601. The van der Waals surface area contributed by atoms with Crippen molar-refractivity contribution in [2.24, 2.45) is 0 Å². The number of benzene rings is 1. The van der Waals surface area contributed by atoms with Crippen LogP contribution in [0.25, 0.3) is 17.0 Å². The van der Waals surface area contributed by atoms with Crippen LogP contribution in [0.3, 0.4) is 0 Å². The number of nitrogens with zero attached hydrogens (tertiary/aromatic N) is 4. The summed E-state index contributed by atoms with van der Waals surface area (Å²) in [5, 5.41) is 11.8. The van der Waals surface area contributed by atoms with Gasteiger partial charge in [-0.05, 0) is 30.3 Å². The van der Waals surface area contributed by atoms with Crippen molar-refractivity contribution < 1.29 is 8.78 Å². The molecule has 0 aliphatic carbocycles. The Morgan fingerprint density at radius 2 is 1.89 bits per heavy atom. The number of hydrogen-bond donors (Lipinski definition) is 0. The van der Waals surface area contributed by atoms with Gasteiger partial charge in [-0.2, -0.15) is 9.61 Å². The average Bonchev–Trinajstić information content (AvgIpc) is 2.75.